The highest BCUT2D eigenvalue weighted by Crippen LogP contribution is 2.40. The van der Waals surface area contributed by atoms with Crippen LogP contribution in [-0.4, -0.2) is 24.4 Å². The van der Waals surface area contributed by atoms with Crippen molar-refractivity contribution in [3.8, 4) is 11.5 Å². The van der Waals surface area contributed by atoms with Crippen molar-refractivity contribution in [1.29, 1.82) is 0 Å². The maximum absolute atomic E-state index is 9.76. The van der Waals surface area contributed by atoms with E-state index < -0.39 is 0 Å². The van der Waals surface area contributed by atoms with Gasteiger partial charge < -0.3 is 14.6 Å². The van der Waals surface area contributed by atoms with Crippen LogP contribution in [0.4, 0.5) is 0 Å². The van der Waals surface area contributed by atoms with E-state index in [-0.39, 0.29) is 11.9 Å². The van der Waals surface area contributed by atoms with E-state index >= 15 is 0 Å². The highest BCUT2D eigenvalue weighted by Gasteiger charge is 2.24. The highest BCUT2D eigenvalue weighted by molar-refractivity contribution is 9.13. The van der Waals surface area contributed by atoms with Crippen LogP contribution in [0.5, 0.6) is 11.5 Å². The topological polar surface area (TPSA) is 42.0 Å². The second-order valence-electron chi connectivity index (χ2n) is 3.41. The van der Waals surface area contributed by atoms with Crippen LogP contribution in [0, 0.1) is 6.92 Å². The van der Waals surface area contributed by atoms with Gasteiger partial charge in [-0.05, 0) is 44.8 Å². The third kappa shape index (κ3) is 2.46. The molecule has 1 aliphatic heterocycles. The fourth-order valence-corrected chi connectivity index (χ4v) is 1.99. The third-order valence-electron chi connectivity index (χ3n) is 2.23. The first-order chi connectivity index (χ1) is 7.09. The van der Waals surface area contributed by atoms with Crippen molar-refractivity contribution in [1.82, 2.24) is 0 Å². The molecular weight excluding hydrogens is 328 g/mol. The Kier molecular flexibility index (Phi) is 3.23. The fraction of sp³-hybridized carbons (Fsp3) is 0.400. The Labute approximate surface area is 105 Å². The van der Waals surface area contributed by atoms with Crippen LogP contribution in [-0.2, 0) is 4.74 Å². The molecule has 1 aliphatic rings. The Balaban J connectivity index is 2.21. The van der Waals surface area contributed by atoms with E-state index in [1.54, 1.807) is 0 Å². The van der Waals surface area contributed by atoms with Crippen LogP contribution in [0.1, 0.15) is 5.56 Å². The molecule has 0 spiro atoms. The van der Waals surface area contributed by atoms with Crippen molar-refractivity contribution >= 4 is 31.9 Å². The summed E-state index contributed by atoms with van der Waals surface area (Å²) in [6, 6.07) is 1.83. The third-order valence-corrected chi connectivity index (χ3v) is 4.19. The summed E-state index contributed by atoms with van der Waals surface area (Å²) in [5, 5.41) is 9.76. The quantitative estimate of drug-likeness (QED) is 0.862. The van der Waals surface area contributed by atoms with Gasteiger partial charge >= 0.3 is 0 Å². The first-order valence-electron chi connectivity index (χ1n) is 4.51. The number of halogens is 2. The maximum atomic E-state index is 9.76. The van der Waals surface area contributed by atoms with Crippen molar-refractivity contribution in [2.24, 2.45) is 0 Å². The molecule has 1 unspecified atom stereocenters. The Morgan fingerprint density at radius 3 is 2.87 bits per heavy atom. The standard InChI is InChI=1S/C10H10Br2O3/c1-5-8(15-4-6-3-14-6)2-7(11)9(12)10(5)13/h2,6,13H,3-4H2,1H3. The number of benzene rings is 1. The lowest BCUT2D eigenvalue weighted by molar-refractivity contribution is 0.260. The second kappa shape index (κ2) is 4.31. The predicted molar refractivity (Wildman–Crippen MR) is 63.5 cm³/mol. The molecule has 1 aromatic rings. The van der Waals surface area contributed by atoms with E-state index in [1.807, 2.05) is 13.0 Å². The molecule has 3 nitrogen and oxygen atoms in total. The summed E-state index contributed by atoms with van der Waals surface area (Å²) in [5.74, 6) is 0.883. The van der Waals surface area contributed by atoms with Gasteiger partial charge in [0.2, 0.25) is 0 Å². The van der Waals surface area contributed by atoms with Crippen LogP contribution in [0.25, 0.3) is 0 Å². The van der Waals surface area contributed by atoms with Gasteiger partial charge in [-0.3, -0.25) is 0 Å². The first kappa shape index (κ1) is 11.2. The number of phenolic OH excluding ortho intramolecular Hbond substituents is 1. The van der Waals surface area contributed by atoms with E-state index in [0.29, 0.717) is 16.8 Å². The molecule has 0 bridgehead atoms. The summed E-state index contributed by atoms with van der Waals surface area (Å²) >= 11 is 6.61. The normalized spacial score (nSPS) is 19.0. The lowest BCUT2D eigenvalue weighted by Gasteiger charge is -2.11. The zero-order valence-electron chi connectivity index (χ0n) is 8.09. The summed E-state index contributed by atoms with van der Waals surface area (Å²) in [5.41, 5.74) is 0.728. The summed E-state index contributed by atoms with van der Waals surface area (Å²) < 4.78 is 12.0. The van der Waals surface area contributed by atoms with Crippen molar-refractivity contribution < 1.29 is 14.6 Å². The van der Waals surface area contributed by atoms with E-state index in [0.717, 1.165) is 16.6 Å². The molecule has 82 valence electrons. The molecule has 1 N–H and O–H groups in total. The number of aromatic hydroxyl groups is 1. The minimum Gasteiger partial charge on any atom is -0.506 e. The molecule has 1 fully saturated rings. The first-order valence-corrected chi connectivity index (χ1v) is 6.10. The molecule has 1 heterocycles. The molecule has 1 saturated heterocycles. The van der Waals surface area contributed by atoms with Gasteiger partial charge in [0.1, 0.15) is 24.2 Å². The van der Waals surface area contributed by atoms with Gasteiger partial charge in [0.25, 0.3) is 0 Å². The second-order valence-corrected chi connectivity index (χ2v) is 5.06. The Morgan fingerprint density at radius 1 is 1.60 bits per heavy atom. The van der Waals surface area contributed by atoms with E-state index in [4.69, 9.17) is 9.47 Å². The zero-order chi connectivity index (χ0) is 11.0. The molecule has 1 atom stereocenters. The molecule has 15 heavy (non-hydrogen) atoms. The molecule has 1 aromatic carbocycles. The highest BCUT2D eigenvalue weighted by atomic mass is 79.9. The Morgan fingerprint density at radius 2 is 2.27 bits per heavy atom. The van der Waals surface area contributed by atoms with E-state index in [1.165, 1.54) is 0 Å². The molecule has 0 saturated carbocycles. The van der Waals surface area contributed by atoms with Gasteiger partial charge in [-0.25, -0.2) is 0 Å². The molecular formula is C10H10Br2O3. The molecule has 0 amide bonds. The summed E-state index contributed by atoms with van der Waals surface area (Å²) in [6.45, 7) is 3.12. The largest absolute Gasteiger partial charge is 0.506 e. The summed E-state index contributed by atoms with van der Waals surface area (Å²) in [7, 11) is 0. The van der Waals surface area contributed by atoms with Crippen LogP contribution in [0.15, 0.2) is 15.0 Å². The van der Waals surface area contributed by atoms with Crippen LogP contribution < -0.4 is 4.74 Å². The van der Waals surface area contributed by atoms with Crippen LogP contribution in [0.2, 0.25) is 0 Å². The Hall–Kier alpha value is -0.260. The van der Waals surface area contributed by atoms with Gasteiger partial charge in [0.05, 0.1) is 11.1 Å². The zero-order valence-corrected chi connectivity index (χ0v) is 11.3. The smallest absolute Gasteiger partial charge is 0.137 e. The minimum atomic E-state index is 0.205. The fourth-order valence-electron chi connectivity index (χ4n) is 1.18. The molecule has 5 heteroatoms. The monoisotopic (exact) mass is 336 g/mol. The van der Waals surface area contributed by atoms with Gasteiger partial charge in [0, 0.05) is 10.0 Å². The SMILES string of the molecule is Cc1c(OCC2CO2)cc(Br)c(Br)c1O. The molecule has 2 rings (SSSR count). The lowest BCUT2D eigenvalue weighted by atomic mass is 10.2. The number of epoxide rings is 1. The number of phenols is 1. The van der Waals surface area contributed by atoms with Crippen molar-refractivity contribution in [3.63, 3.8) is 0 Å². The number of ether oxygens (including phenoxy) is 2. The lowest BCUT2D eigenvalue weighted by Crippen LogP contribution is -2.05. The molecule has 0 aromatic heterocycles. The van der Waals surface area contributed by atoms with Crippen molar-refractivity contribution in [2.45, 2.75) is 13.0 Å². The van der Waals surface area contributed by atoms with E-state index in [2.05, 4.69) is 31.9 Å². The average molecular weight is 338 g/mol. The average Bonchev–Trinajstić information content (AvgIpc) is 3.02. The van der Waals surface area contributed by atoms with Crippen molar-refractivity contribution in [2.75, 3.05) is 13.2 Å². The number of hydrogen-bond donors (Lipinski definition) is 1. The van der Waals surface area contributed by atoms with Gasteiger partial charge in [-0.2, -0.15) is 0 Å². The van der Waals surface area contributed by atoms with Crippen molar-refractivity contribution in [3.05, 3.63) is 20.6 Å². The molecule has 0 aliphatic carbocycles. The number of rotatable bonds is 3. The number of hydrogen-bond acceptors (Lipinski definition) is 3. The van der Waals surface area contributed by atoms with Gasteiger partial charge in [0.15, 0.2) is 0 Å². The van der Waals surface area contributed by atoms with Crippen LogP contribution >= 0.6 is 31.9 Å². The molecule has 0 radical (unpaired) electrons. The van der Waals surface area contributed by atoms with Gasteiger partial charge in [-0.1, -0.05) is 0 Å². The maximum Gasteiger partial charge on any atom is 0.137 e. The predicted octanol–water partition coefficient (Wildman–Crippen LogP) is 3.00. The minimum absolute atomic E-state index is 0.205. The summed E-state index contributed by atoms with van der Waals surface area (Å²) in [4.78, 5) is 0. The van der Waals surface area contributed by atoms with E-state index in [9.17, 15) is 5.11 Å². The summed E-state index contributed by atoms with van der Waals surface area (Å²) in [6.07, 6.45) is 0.217. The van der Waals surface area contributed by atoms with Crippen LogP contribution in [0.3, 0.4) is 0 Å². The Bertz CT molecular complexity index is 389. The van der Waals surface area contributed by atoms with Gasteiger partial charge in [-0.15, -0.1) is 0 Å².